The van der Waals surface area contributed by atoms with Crippen molar-refractivity contribution in [3.05, 3.63) is 12.3 Å². The molecule has 1 N–H and O–H groups in total. The van der Waals surface area contributed by atoms with E-state index >= 15 is 0 Å². The van der Waals surface area contributed by atoms with Gasteiger partial charge < -0.3 is 5.11 Å². The first-order valence-corrected chi connectivity index (χ1v) is 4.29. The van der Waals surface area contributed by atoms with Gasteiger partial charge in [0.1, 0.15) is 0 Å². The minimum Gasteiger partial charge on any atom is -0.516 e. The zero-order chi connectivity index (χ0) is 6.24. The smallest absolute Gasteiger partial charge is 0.0751 e. The van der Waals surface area contributed by atoms with Crippen molar-refractivity contribution < 1.29 is 5.11 Å². The summed E-state index contributed by atoms with van der Waals surface area (Å²) in [5.74, 6) is 0. The molecule has 0 saturated carbocycles. The first-order chi connectivity index (χ1) is 3.91. The lowest BCUT2D eigenvalue weighted by atomic mass is 10.2. The number of alkyl halides is 1. The van der Waals surface area contributed by atoms with E-state index in [1.807, 2.05) is 0 Å². The Hall–Kier alpha value is 0.270. The Morgan fingerprint density at radius 2 is 2.12 bits per heavy atom. The van der Waals surface area contributed by atoms with Gasteiger partial charge in [-0.3, -0.25) is 0 Å². The van der Waals surface area contributed by atoms with Gasteiger partial charge in [-0.25, -0.2) is 0 Å². The number of hydrogen-bond donors (Lipinski definition) is 1. The van der Waals surface area contributed by atoms with Crippen molar-refractivity contribution in [2.45, 2.75) is 19.3 Å². The van der Waals surface area contributed by atoms with Gasteiger partial charge >= 0.3 is 0 Å². The van der Waals surface area contributed by atoms with Crippen LogP contribution in [0, 0.1) is 0 Å². The second-order valence-corrected chi connectivity index (χ2v) is 2.65. The highest BCUT2D eigenvalue weighted by Gasteiger charge is 1.80. The SMILES string of the molecule is OC=CCCCCI. The highest BCUT2D eigenvalue weighted by Crippen LogP contribution is 1.98. The number of allylic oxidation sites excluding steroid dienone is 1. The van der Waals surface area contributed by atoms with Crippen LogP contribution in [0.5, 0.6) is 0 Å². The van der Waals surface area contributed by atoms with Crippen LogP contribution in [-0.4, -0.2) is 9.53 Å². The van der Waals surface area contributed by atoms with Gasteiger partial charge in [-0.15, -0.1) is 0 Å². The fraction of sp³-hybridized carbons (Fsp3) is 0.667. The summed E-state index contributed by atoms with van der Waals surface area (Å²) in [7, 11) is 0. The molecule has 0 aliphatic carbocycles. The molecule has 0 aliphatic heterocycles. The average Bonchev–Trinajstić information content (AvgIpc) is 1.81. The number of halogens is 1. The monoisotopic (exact) mass is 226 g/mol. The molecule has 0 atom stereocenters. The summed E-state index contributed by atoms with van der Waals surface area (Å²) in [4.78, 5) is 0. The van der Waals surface area contributed by atoms with Crippen LogP contribution < -0.4 is 0 Å². The van der Waals surface area contributed by atoms with E-state index in [2.05, 4.69) is 22.6 Å². The third-order valence-electron chi connectivity index (χ3n) is 0.860. The van der Waals surface area contributed by atoms with Gasteiger partial charge in [0.25, 0.3) is 0 Å². The Morgan fingerprint density at radius 1 is 1.38 bits per heavy atom. The second-order valence-electron chi connectivity index (χ2n) is 1.57. The molecular formula is C6H11IO. The number of aliphatic hydroxyl groups excluding tert-OH is 1. The summed E-state index contributed by atoms with van der Waals surface area (Å²) in [6.07, 6.45) is 6.36. The van der Waals surface area contributed by atoms with Gasteiger partial charge in [0, 0.05) is 0 Å². The van der Waals surface area contributed by atoms with E-state index in [9.17, 15) is 0 Å². The normalized spacial score (nSPS) is 10.6. The summed E-state index contributed by atoms with van der Waals surface area (Å²) in [5, 5.41) is 8.18. The van der Waals surface area contributed by atoms with Crippen molar-refractivity contribution in [1.29, 1.82) is 0 Å². The number of hydrogen-bond acceptors (Lipinski definition) is 1. The molecule has 0 unspecified atom stereocenters. The van der Waals surface area contributed by atoms with E-state index in [-0.39, 0.29) is 0 Å². The molecule has 0 aliphatic rings. The van der Waals surface area contributed by atoms with Crippen LogP contribution in [0.15, 0.2) is 12.3 Å². The van der Waals surface area contributed by atoms with Gasteiger partial charge in [-0.1, -0.05) is 28.7 Å². The summed E-state index contributed by atoms with van der Waals surface area (Å²) < 4.78 is 1.22. The summed E-state index contributed by atoms with van der Waals surface area (Å²) >= 11 is 2.35. The van der Waals surface area contributed by atoms with Crippen molar-refractivity contribution in [3.63, 3.8) is 0 Å². The predicted octanol–water partition coefficient (Wildman–Crippen LogP) is 2.66. The van der Waals surface area contributed by atoms with Crippen molar-refractivity contribution in [1.82, 2.24) is 0 Å². The Bertz CT molecular complexity index is 61.5. The molecule has 0 heterocycles. The third kappa shape index (κ3) is 6.27. The van der Waals surface area contributed by atoms with Crippen LogP contribution in [0.3, 0.4) is 0 Å². The molecule has 0 rings (SSSR count). The third-order valence-corrected chi connectivity index (χ3v) is 1.62. The molecule has 0 radical (unpaired) electrons. The average molecular weight is 226 g/mol. The summed E-state index contributed by atoms with van der Waals surface area (Å²) in [6, 6.07) is 0. The minimum atomic E-state index is 1.01. The Labute approximate surface area is 63.9 Å². The van der Waals surface area contributed by atoms with Crippen LogP contribution >= 0.6 is 22.6 Å². The summed E-state index contributed by atoms with van der Waals surface area (Å²) in [6.45, 7) is 0. The first kappa shape index (κ1) is 8.27. The quantitative estimate of drug-likeness (QED) is 0.338. The molecular weight excluding hydrogens is 215 g/mol. The van der Waals surface area contributed by atoms with Crippen molar-refractivity contribution in [2.75, 3.05) is 4.43 Å². The molecule has 0 saturated heterocycles. The molecule has 0 amide bonds. The number of unbranched alkanes of at least 4 members (excludes halogenated alkanes) is 2. The highest BCUT2D eigenvalue weighted by atomic mass is 127. The maximum Gasteiger partial charge on any atom is 0.0751 e. The van der Waals surface area contributed by atoms with Crippen LogP contribution in [0.2, 0.25) is 0 Å². The van der Waals surface area contributed by atoms with Crippen LogP contribution in [0.1, 0.15) is 19.3 Å². The van der Waals surface area contributed by atoms with Gasteiger partial charge in [0.05, 0.1) is 6.26 Å². The molecule has 8 heavy (non-hydrogen) atoms. The second kappa shape index (κ2) is 7.27. The van der Waals surface area contributed by atoms with Gasteiger partial charge in [0.2, 0.25) is 0 Å². The van der Waals surface area contributed by atoms with E-state index in [4.69, 9.17) is 5.11 Å². The number of aliphatic hydroxyl groups is 1. The van der Waals surface area contributed by atoms with Crippen LogP contribution in [0.4, 0.5) is 0 Å². The van der Waals surface area contributed by atoms with Crippen molar-refractivity contribution in [2.24, 2.45) is 0 Å². The zero-order valence-corrected chi connectivity index (χ0v) is 6.97. The fourth-order valence-electron chi connectivity index (χ4n) is 0.431. The maximum atomic E-state index is 8.18. The molecule has 48 valence electrons. The Balaban J connectivity index is 2.72. The van der Waals surface area contributed by atoms with Gasteiger partial charge in [0.15, 0.2) is 0 Å². The molecule has 0 fully saturated rings. The zero-order valence-electron chi connectivity index (χ0n) is 4.81. The van der Waals surface area contributed by atoms with Crippen molar-refractivity contribution in [3.8, 4) is 0 Å². The van der Waals surface area contributed by atoms with Gasteiger partial charge in [-0.05, 0) is 23.7 Å². The minimum absolute atomic E-state index is 1.01. The molecule has 0 aromatic rings. The lowest BCUT2D eigenvalue weighted by molar-refractivity contribution is 0.470. The topological polar surface area (TPSA) is 20.2 Å². The summed E-state index contributed by atoms with van der Waals surface area (Å²) in [5.41, 5.74) is 0. The van der Waals surface area contributed by atoms with Crippen LogP contribution in [-0.2, 0) is 0 Å². The van der Waals surface area contributed by atoms with Gasteiger partial charge in [-0.2, -0.15) is 0 Å². The van der Waals surface area contributed by atoms with Crippen molar-refractivity contribution >= 4 is 22.6 Å². The van der Waals surface area contributed by atoms with E-state index in [0.29, 0.717) is 0 Å². The molecule has 0 bridgehead atoms. The highest BCUT2D eigenvalue weighted by molar-refractivity contribution is 14.1. The molecule has 0 aromatic carbocycles. The first-order valence-electron chi connectivity index (χ1n) is 2.77. The number of rotatable bonds is 4. The maximum absolute atomic E-state index is 8.18. The van der Waals surface area contributed by atoms with E-state index in [1.165, 1.54) is 17.3 Å². The molecule has 0 spiro atoms. The largest absolute Gasteiger partial charge is 0.516 e. The van der Waals surface area contributed by atoms with Crippen LogP contribution in [0.25, 0.3) is 0 Å². The van der Waals surface area contributed by atoms with E-state index in [0.717, 1.165) is 12.7 Å². The predicted molar refractivity (Wildman–Crippen MR) is 44.5 cm³/mol. The molecule has 1 nitrogen and oxygen atoms in total. The fourth-order valence-corrected chi connectivity index (χ4v) is 0.971. The Morgan fingerprint density at radius 3 is 2.62 bits per heavy atom. The molecule has 0 aromatic heterocycles. The van der Waals surface area contributed by atoms with E-state index < -0.39 is 0 Å². The standard InChI is InChI=1S/C6H11IO/c7-5-3-1-2-4-6-8/h4,6,8H,1-3,5H2. The Kier molecular flexibility index (Phi) is 7.52. The lowest BCUT2D eigenvalue weighted by Crippen LogP contribution is -1.72. The van der Waals surface area contributed by atoms with E-state index in [1.54, 1.807) is 6.08 Å². The lowest BCUT2D eigenvalue weighted by Gasteiger charge is -1.87. The molecule has 2 heteroatoms.